The van der Waals surface area contributed by atoms with Crippen LogP contribution in [0.5, 0.6) is 0 Å². The standard InChI is InChI=1S/C59H40N2/c1-5-17-41(18-6-1)42-31-33-47(34-32-42)60(49-36-38-52-53-28-15-19-43-20-16-30-56(58(43)53)61(57(52)40-49)46-25-11-4-12-26-46)48-35-37-51-50-27-13-14-29-54(50)59(55(51)39-48,44-21-7-2-8-22-44)45-23-9-3-10-24-45/h1-40H. The highest BCUT2D eigenvalue weighted by Gasteiger charge is 2.46. The normalized spacial score (nSPS) is 13.0. The quantitative estimate of drug-likeness (QED) is 0.159. The van der Waals surface area contributed by atoms with Crippen LogP contribution in [0.15, 0.2) is 243 Å². The van der Waals surface area contributed by atoms with Crippen LogP contribution in [0.25, 0.3) is 44.2 Å². The molecule has 2 heteroatoms. The van der Waals surface area contributed by atoms with Crippen molar-refractivity contribution >= 4 is 44.9 Å². The van der Waals surface area contributed by atoms with E-state index in [-0.39, 0.29) is 0 Å². The van der Waals surface area contributed by atoms with E-state index in [1.54, 1.807) is 0 Å². The number of hydrogen-bond donors (Lipinski definition) is 0. The van der Waals surface area contributed by atoms with Crippen LogP contribution in [0.4, 0.5) is 34.1 Å². The maximum absolute atomic E-state index is 2.46. The Balaban J connectivity index is 1.11. The van der Waals surface area contributed by atoms with Gasteiger partial charge in [0.2, 0.25) is 0 Å². The molecule has 0 bridgehead atoms. The third-order valence-corrected chi connectivity index (χ3v) is 12.8. The largest absolute Gasteiger partial charge is 0.310 e. The first kappa shape index (κ1) is 35.0. The van der Waals surface area contributed by atoms with Crippen LogP contribution in [-0.2, 0) is 5.41 Å². The molecule has 1 aliphatic carbocycles. The van der Waals surface area contributed by atoms with Crippen LogP contribution in [0.1, 0.15) is 22.3 Å². The van der Waals surface area contributed by atoms with Gasteiger partial charge in [-0.2, -0.15) is 0 Å². The van der Waals surface area contributed by atoms with Gasteiger partial charge >= 0.3 is 0 Å². The van der Waals surface area contributed by atoms with Gasteiger partial charge in [0.15, 0.2) is 0 Å². The molecule has 0 fully saturated rings. The molecule has 1 aliphatic heterocycles. The van der Waals surface area contributed by atoms with Gasteiger partial charge < -0.3 is 9.80 Å². The van der Waals surface area contributed by atoms with Crippen LogP contribution in [-0.4, -0.2) is 0 Å². The highest BCUT2D eigenvalue weighted by molar-refractivity contribution is 6.14. The Kier molecular flexibility index (Phi) is 8.11. The molecule has 0 unspecified atom stereocenters. The van der Waals surface area contributed by atoms with Crippen molar-refractivity contribution in [3.05, 3.63) is 265 Å². The molecule has 2 aliphatic rings. The number of anilines is 6. The number of benzene rings is 10. The Bertz CT molecular complexity index is 3190. The number of rotatable bonds is 7. The molecular formula is C59H40N2. The first-order valence-corrected chi connectivity index (χ1v) is 21.1. The van der Waals surface area contributed by atoms with Crippen LogP contribution < -0.4 is 9.80 Å². The molecular weight excluding hydrogens is 737 g/mol. The van der Waals surface area contributed by atoms with Crippen molar-refractivity contribution in [2.24, 2.45) is 0 Å². The van der Waals surface area contributed by atoms with E-state index in [0.717, 1.165) is 28.4 Å². The van der Waals surface area contributed by atoms with Crippen molar-refractivity contribution in [1.82, 2.24) is 0 Å². The molecule has 0 N–H and O–H groups in total. The zero-order valence-electron chi connectivity index (χ0n) is 33.5. The molecule has 0 amide bonds. The number of nitrogens with zero attached hydrogens (tertiary/aromatic N) is 2. The van der Waals surface area contributed by atoms with E-state index in [1.807, 2.05) is 0 Å². The van der Waals surface area contributed by atoms with Gasteiger partial charge in [-0.25, -0.2) is 0 Å². The van der Waals surface area contributed by atoms with Gasteiger partial charge in [-0.15, -0.1) is 0 Å². The lowest BCUT2D eigenvalue weighted by Crippen LogP contribution is -2.28. The summed E-state index contributed by atoms with van der Waals surface area (Å²) >= 11 is 0. The van der Waals surface area contributed by atoms with E-state index >= 15 is 0 Å². The van der Waals surface area contributed by atoms with Gasteiger partial charge in [0, 0.05) is 33.7 Å². The van der Waals surface area contributed by atoms with Gasteiger partial charge in [-0.3, -0.25) is 0 Å². The Labute approximate surface area is 356 Å². The minimum absolute atomic E-state index is 0.518. The van der Waals surface area contributed by atoms with Crippen LogP contribution in [0, 0.1) is 0 Å². The molecule has 2 nitrogen and oxygen atoms in total. The Morgan fingerprint density at radius 3 is 1.56 bits per heavy atom. The minimum atomic E-state index is -0.518. The second-order valence-electron chi connectivity index (χ2n) is 16.1. The Hall–Kier alpha value is -7.94. The van der Waals surface area contributed by atoms with Crippen molar-refractivity contribution in [3.8, 4) is 33.4 Å². The van der Waals surface area contributed by atoms with Gasteiger partial charge in [-0.1, -0.05) is 188 Å². The fourth-order valence-electron chi connectivity index (χ4n) is 10.2. The monoisotopic (exact) mass is 776 g/mol. The third kappa shape index (κ3) is 5.43. The first-order chi connectivity index (χ1) is 30.3. The van der Waals surface area contributed by atoms with Gasteiger partial charge in [0.1, 0.15) is 0 Å². The van der Waals surface area contributed by atoms with E-state index in [9.17, 15) is 0 Å². The molecule has 10 aromatic carbocycles. The Morgan fingerprint density at radius 2 is 0.852 bits per heavy atom. The molecule has 0 radical (unpaired) electrons. The SMILES string of the molecule is c1ccc(-c2ccc(N(c3ccc4c(c3)N(c3ccccc3)c3cccc5cccc-4c35)c3ccc4c(c3)C(c3ccccc3)(c3ccccc3)c3ccccc3-4)cc2)cc1. The van der Waals surface area contributed by atoms with E-state index < -0.39 is 5.41 Å². The van der Waals surface area contributed by atoms with E-state index in [4.69, 9.17) is 0 Å². The summed E-state index contributed by atoms with van der Waals surface area (Å²) in [5.74, 6) is 0. The minimum Gasteiger partial charge on any atom is -0.310 e. The molecule has 0 spiro atoms. The average molecular weight is 777 g/mol. The van der Waals surface area contributed by atoms with Gasteiger partial charge in [-0.05, 0) is 110 Å². The molecule has 61 heavy (non-hydrogen) atoms. The molecule has 1 heterocycles. The first-order valence-electron chi connectivity index (χ1n) is 21.1. The fourth-order valence-corrected chi connectivity index (χ4v) is 10.2. The zero-order chi connectivity index (χ0) is 40.3. The topological polar surface area (TPSA) is 6.48 Å². The predicted octanol–water partition coefficient (Wildman–Crippen LogP) is 15.8. The van der Waals surface area contributed by atoms with Gasteiger partial charge in [0.25, 0.3) is 0 Å². The van der Waals surface area contributed by atoms with Gasteiger partial charge in [0.05, 0.1) is 16.8 Å². The van der Waals surface area contributed by atoms with Crippen molar-refractivity contribution in [2.45, 2.75) is 5.41 Å². The lowest BCUT2D eigenvalue weighted by molar-refractivity contribution is 0.768. The summed E-state index contributed by atoms with van der Waals surface area (Å²) in [6.45, 7) is 0. The number of hydrogen-bond acceptors (Lipinski definition) is 2. The molecule has 0 saturated heterocycles. The summed E-state index contributed by atoms with van der Waals surface area (Å²) in [6.07, 6.45) is 0. The molecule has 0 aromatic heterocycles. The van der Waals surface area contributed by atoms with Crippen LogP contribution in [0.3, 0.4) is 0 Å². The summed E-state index contributed by atoms with van der Waals surface area (Å²) in [6, 6.07) is 89.1. The highest BCUT2D eigenvalue weighted by atomic mass is 15.2. The van der Waals surface area contributed by atoms with E-state index in [2.05, 4.69) is 252 Å². The lowest BCUT2D eigenvalue weighted by atomic mass is 9.67. The van der Waals surface area contributed by atoms with Crippen molar-refractivity contribution < 1.29 is 0 Å². The molecule has 0 saturated carbocycles. The smallest absolute Gasteiger partial charge is 0.0714 e. The summed E-state index contributed by atoms with van der Waals surface area (Å²) in [7, 11) is 0. The van der Waals surface area contributed by atoms with E-state index in [0.29, 0.717) is 0 Å². The highest BCUT2D eigenvalue weighted by Crippen LogP contribution is 2.58. The van der Waals surface area contributed by atoms with Crippen LogP contribution in [0.2, 0.25) is 0 Å². The number of fused-ring (bicyclic) bond motifs is 5. The fraction of sp³-hybridized carbons (Fsp3) is 0.0169. The summed E-state index contributed by atoms with van der Waals surface area (Å²) in [5, 5.41) is 2.52. The summed E-state index contributed by atoms with van der Waals surface area (Å²) in [4.78, 5) is 4.89. The van der Waals surface area contributed by atoms with Crippen molar-refractivity contribution in [2.75, 3.05) is 9.80 Å². The zero-order valence-corrected chi connectivity index (χ0v) is 33.5. The lowest BCUT2D eigenvalue weighted by Gasteiger charge is -2.36. The van der Waals surface area contributed by atoms with E-state index in [1.165, 1.54) is 72.1 Å². The molecule has 10 aromatic rings. The average Bonchev–Trinajstić information content (AvgIpc) is 3.63. The van der Waals surface area contributed by atoms with Crippen molar-refractivity contribution in [3.63, 3.8) is 0 Å². The third-order valence-electron chi connectivity index (χ3n) is 12.8. The van der Waals surface area contributed by atoms with Crippen molar-refractivity contribution in [1.29, 1.82) is 0 Å². The summed E-state index contributed by atoms with van der Waals surface area (Å²) in [5.41, 5.74) is 18.7. The summed E-state index contributed by atoms with van der Waals surface area (Å²) < 4.78 is 0. The second-order valence-corrected chi connectivity index (χ2v) is 16.1. The molecule has 286 valence electrons. The second kappa shape index (κ2) is 14.1. The predicted molar refractivity (Wildman–Crippen MR) is 255 cm³/mol. The maximum Gasteiger partial charge on any atom is 0.0714 e. The van der Waals surface area contributed by atoms with Crippen LogP contribution >= 0.6 is 0 Å². The molecule has 0 atom stereocenters. The number of para-hydroxylation sites is 1. The maximum atomic E-state index is 2.46. The molecule has 12 rings (SSSR count). The Morgan fingerprint density at radius 1 is 0.328 bits per heavy atom.